The molecule has 1 aromatic carbocycles. The molecule has 0 aliphatic heterocycles. The number of rotatable bonds is 8. The quantitative estimate of drug-likeness (QED) is 0.728. The zero-order valence-electron chi connectivity index (χ0n) is 14.6. The van der Waals surface area contributed by atoms with Crippen molar-refractivity contribution in [3.05, 3.63) is 40.9 Å². The van der Waals surface area contributed by atoms with Crippen LogP contribution in [-0.2, 0) is 20.7 Å². The summed E-state index contributed by atoms with van der Waals surface area (Å²) >= 11 is 1.26. The minimum absolute atomic E-state index is 0.0957. The summed E-state index contributed by atoms with van der Waals surface area (Å²) in [5, 5.41) is 4.84. The van der Waals surface area contributed by atoms with Gasteiger partial charge in [-0.15, -0.1) is 11.3 Å². The number of carbonyl (C=O) groups excluding carboxylic acids is 2. The van der Waals surface area contributed by atoms with Crippen molar-refractivity contribution in [3.63, 3.8) is 0 Å². The lowest BCUT2D eigenvalue weighted by molar-refractivity contribution is -0.142. The van der Waals surface area contributed by atoms with E-state index in [4.69, 9.17) is 9.47 Å². The Morgan fingerprint density at radius 3 is 2.76 bits per heavy atom. The van der Waals surface area contributed by atoms with Crippen molar-refractivity contribution in [1.29, 1.82) is 0 Å². The highest BCUT2D eigenvalue weighted by molar-refractivity contribution is 7.13. The van der Waals surface area contributed by atoms with E-state index in [1.54, 1.807) is 12.3 Å². The Hall–Kier alpha value is -2.41. The van der Waals surface area contributed by atoms with Gasteiger partial charge >= 0.3 is 5.97 Å². The molecule has 0 saturated heterocycles. The normalized spacial score (nSPS) is 10.6. The van der Waals surface area contributed by atoms with Gasteiger partial charge in [-0.2, -0.15) is 0 Å². The number of esters is 1. The van der Waals surface area contributed by atoms with Crippen molar-refractivity contribution >= 4 is 28.3 Å². The molecule has 2 aromatic rings. The first-order valence-electron chi connectivity index (χ1n) is 8.11. The van der Waals surface area contributed by atoms with Crippen LogP contribution in [0.1, 0.15) is 37.9 Å². The highest BCUT2D eigenvalue weighted by atomic mass is 32.1. The molecule has 0 fully saturated rings. The molecule has 1 N–H and O–H groups in total. The van der Waals surface area contributed by atoms with Gasteiger partial charge in [0.05, 0.1) is 18.7 Å². The first-order chi connectivity index (χ1) is 12.0. The first kappa shape index (κ1) is 18.9. The summed E-state index contributed by atoms with van der Waals surface area (Å²) in [6.07, 6.45) is 0.0957. The minimum Gasteiger partial charge on any atom is -0.483 e. The number of ether oxygens (including phenoxy) is 2. The molecular weight excluding hydrogens is 340 g/mol. The monoisotopic (exact) mass is 362 g/mol. The Morgan fingerprint density at radius 1 is 1.28 bits per heavy atom. The molecule has 7 heteroatoms. The van der Waals surface area contributed by atoms with Crippen LogP contribution in [0.3, 0.4) is 0 Å². The Kier molecular flexibility index (Phi) is 6.94. The number of para-hydroxylation sites is 1. The number of aromatic nitrogens is 1. The Morgan fingerprint density at radius 2 is 2.04 bits per heavy atom. The number of thiazole rings is 1. The maximum absolute atomic E-state index is 12.0. The molecule has 25 heavy (non-hydrogen) atoms. The van der Waals surface area contributed by atoms with E-state index in [9.17, 15) is 9.59 Å². The average Bonchev–Trinajstić information content (AvgIpc) is 3.00. The number of nitrogens with zero attached hydrogens (tertiary/aromatic N) is 1. The number of anilines is 1. The van der Waals surface area contributed by atoms with Gasteiger partial charge in [0.25, 0.3) is 5.91 Å². The van der Waals surface area contributed by atoms with Gasteiger partial charge in [-0.3, -0.25) is 14.9 Å². The topological polar surface area (TPSA) is 77.5 Å². The predicted octanol–water partition coefficient (Wildman–Crippen LogP) is 3.39. The highest BCUT2D eigenvalue weighted by Gasteiger charge is 2.12. The lowest BCUT2D eigenvalue weighted by Crippen LogP contribution is -2.20. The van der Waals surface area contributed by atoms with Gasteiger partial charge < -0.3 is 9.47 Å². The van der Waals surface area contributed by atoms with Crippen LogP contribution in [0.15, 0.2) is 29.6 Å². The molecule has 0 spiro atoms. The second-order valence-corrected chi connectivity index (χ2v) is 6.51. The van der Waals surface area contributed by atoms with Crippen LogP contribution in [0.5, 0.6) is 5.75 Å². The van der Waals surface area contributed by atoms with Crippen molar-refractivity contribution in [2.75, 3.05) is 18.5 Å². The Labute approximate surface area is 151 Å². The van der Waals surface area contributed by atoms with Gasteiger partial charge in [0.15, 0.2) is 11.7 Å². The van der Waals surface area contributed by atoms with E-state index in [1.165, 1.54) is 11.3 Å². The summed E-state index contributed by atoms with van der Waals surface area (Å²) in [7, 11) is 0. The van der Waals surface area contributed by atoms with Crippen LogP contribution >= 0.6 is 11.3 Å². The smallest absolute Gasteiger partial charge is 0.311 e. The second-order valence-electron chi connectivity index (χ2n) is 5.66. The Bertz CT molecular complexity index is 727. The van der Waals surface area contributed by atoms with Crippen LogP contribution in [0.25, 0.3) is 0 Å². The molecule has 1 heterocycles. The minimum atomic E-state index is -0.334. The summed E-state index contributed by atoms with van der Waals surface area (Å²) in [4.78, 5) is 27.7. The molecule has 134 valence electrons. The van der Waals surface area contributed by atoms with Crippen molar-refractivity contribution < 1.29 is 19.1 Å². The fourth-order valence-corrected chi connectivity index (χ4v) is 2.92. The van der Waals surface area contributed by atoms with E-state index in [-0.39, 0.29) is 24.9 Å². The van der Waals surface area contributed by atoms with Gasteiger partial charge in [0, 0.05) is 5.38 Å². The molecule has 0 saturated carbocycles. The number of hydrogen-bond donors (Lipinski definition) is 1. The van der Waals surface area contributed by atoms with E-state index >= 15 is 0 Å². The maximum Gasteiger partial charge on any atom is 0.311 e. The average molecular weight is 362 g/mol. The maximum atomic E-state index is 12.0. The van der Waals surface area contributed by atoms with Crippen molar-refractivity contribution in [2.24, 2.45) is 0 Å². The number of benzene rings is 1. The van der Waals surface area contributed by atoms with Crippen molar-refractivity contribution in [3.8, 4) is 5.75 Å². The third kappa shape index (κ3) is 5.86. The zero-order chi connectivity index (χ0) is 18.2. The van der Waals surface area contributed by atoms with Gasteiger partial charge in [0.2, 0.25) is 0 Å². The highest BCUT2D eigenvalue weighted by Crippen LogP contribution is 2.25. The summed E-state index contributed by atoms with van der Waals surface area (Å²) in [6.45, 7) is 6.13. The third-order valence-electron chi connectivity index (χ3n) is 3.33. The number of hydrogen-bond acceptors (Lipinski definition) is 6. The molecule has 0 atom stereocenters. The van der Waals surface area contributed by atoms with Gasteiger partial charge in [-0.1, -0.05) is 32.0 Å². The van der Waals surface area contributed by atoms with Crippen LogP contribution < -0.4 is 10.1 Å². The molecule has 1 amide bonds. The molecular formula is C18H22N2O4S. The predicted molar refractivity (Wildman–Crippen MR) is 97.1 cm³/mol. The lowest BCUT2D eigenvalue weighted by atomic mass is 10.0. The van der Waals surface area contributed by atoms with Gasteiger partial charge in [-0.25, -0.2) is 4.98 Å². The van der Waals surface area contributed by atoms with Crippen molar-refractivity contribution in [1.82, 2.24) is 4.98 Å². The first-order valence-corrected chi connectivity index (χ1v) is 8.99. The van der Waals surface area contributed by atoms with E-state index < -0.39 is 0 Å². The van der Waals surface area contributed by atoms with E-state index in [0.29, 0.717) is 29.1 Å². The molecule has 1 aromatic heterocycles. The Balaban J connectivity index is 1.87. The van der Waals surface area contributed by atoms with Crippen LogP contribution in [0.4, 0.5) is 5.13 Å². The van der Waals surface area contributed by atoms with Gasteiger partial charge in [-0.05, 0) is 24.5 Å². The fourth-order valence-electron chi connectivity index (χ4n) is 2.19. The summed E-state index contributed by atoms with van der Waals surface area (Å²) in [5.74, 6) is 0.383. The molecule has 0 aliphatic rings. The summed E-state index contributed by atoms with van der Waals surface area (Å²) in [6, 6.07) is 7.66. The zero-order valence-corrected chi connectivity index (χ0v) is 15.4. The number of nitrogens with one attached hydrogen (secondary N) is 1. The molecule has 0 bridgehead atoms. The molecule has 2 rings (SSSR count). The summed E-state index contributed by atoms with van der Waals surface area (Å²) in [5.41, 5.74) is 1.63. The van der Waals surface area contributed by atoms with Crippen LogP contribution in [0, 0.1) is 0 Å². The van der Waals surface area contributed by atoms with E-state index in [2.05, 4.69) is 24.1 Å². The second kappa shape index (κ2) is 9.17. The van der Waals surface area contributed by atoms with E-state index in [0.717, 1.165) is 5.56 Å². The SMILES string of the molecule is CCOC(=O)Cc1csc(NC(=O)COc2ccccc2C(C)C)n1. The number of carbonyl (C=O) groups is 2. The largest absolute Gasteiger partial charge is 0.483 e. The van der Waals surface area contributed by atoms with E-state index in [1.807, 2.05) is 24.3 Å². The van der Waals surface area contributed by atoms with Gasteiger partial charge in [0.1, 0.15) is 5.75 Å². The molecule has 0 aliphatic carbocycles. The van der Waals surface area contributed by atoms with Crippen molar-refractivity contribution in [2.45, 2.75) is 33.1 Å². The molecule has 0 radical (unpaired) electrons. The lowest BCUT2D eigenvalue weighted by Gasteiger charge is -2.13. The van der Waals surface area contributed by atoms with Crippen LogP contribution in [0.2, 0.25) is 0 Å². The fraction of sp³-hybridized carbons (Fsp3) is 0.389. The number of amides is 1. The molecule has 6 nitrogen and oxygen atoms in total. The standard InChI is InChI=1S/C18H22N2O4S/c1-4-23-17(22)9-13-11-25-18(19-13)20-16(21)10-24-15-8-6-5-7-14(15)12(2)3/h5-8,11-12H,4,9-10H2,1-3H3,(H,19,20,21). The third-order valence-corrected chi connectivity index (χ3v) is 4.14. The van der Waals surface area contributed by atoms with Crippen LogP contribution in [-0.4, -0.2) is 30.1 Å². The molecule has 0 unspecified atom stereocenters. The summed E-state index contributed by atoms with van der Waals surface area (Å²) < 4.78 is 10.5.